The average Bonchev–Trinajstić information content (AvgIpc) is 0.736. The van der Waals surface area contributed by atoms with Gasteiger partial charge in [0.15, 0.2) is 19.4 Å². The van der Waals surface area contributed by atoms with Crippen LogP contribution >= 0.6 is 0 Å². The number of hydrogen-bond acceptors (Lipinski definition) is 28. The van der Waals surface area contributed by atoms with E-state index in [1.54, 1.807) is 90.0 Å². The fourth-order valence-corrected chi connectivity index (χ4v) is 26.7. The minimum Gasteiger partial charge on any atom is -0.465 e. The number of cyclic esters (lactones) is 3. The summed E-state index contributed by atoms with van der Waals surface area (Å²) in [7, 11) is 0. The van der Waals surface area contributed by atoms with Crippen LogP contribution in [0.1, 0.15) is 339 Å². The van der Waals surface area contributed by atoms with Gasteiger partial charge in [-0.25, -0.2) is 4.79 Å². The monoisotopic (exact) mass is 1850 g/mol. The van der Waals surface area contributed by atoms with Crippen molar-refractivity contribution in [2.24, 2.45) is 143 Å². The van der Waals surface area contributed by atoms with Crippen molar-refractivity contribution in [3.05, 3.63) is 0 Å². The molecule has 28 nitrogen and oxygen atoms in total. The van der Waals surface area contributed by atoms with Gasteiger partial charge in [0.05, 0.1) is 105 Å². The Balaban J connectivity index is 0.000000207. The second kappa shape index (κ2) is 42.6. The van der Waals surface area contributed by atoms with Crippen LogP contribution in [0.5, 0.6) is 0 Å². The maximum absolute atomic E-state index is 14.1. The average molecular weight is 1850 g/mol. The largest absolute Gasteiger partial charge is 0.465 e. The molecule has 3 aliphatic heterocycles. The van der Waals surface area contributed by atoms with Crippen LogP contribution in [0.15, 0.2) is 0 Å². The molecule has 0 amide bonds. The SMILES string of the molecule is CCC(C)(C#N)CC(C)(CC(C)(C)C(=O)OC1(C)C2CC3CC(C2)CC1C3)C(=O)OCC1COCOC1=O.CCOC(C)OC(=O)C(C)(CC(C)(C#N)CC(CC)C(=O)OC1CCOC1=O)CC(C)(C)C(=O)OC1(C)C2CC3CC(C2)CC1C3.CCOC(C)OC(=O)C(C)(CC(C)(C#N)CC(CC)C(=O)OCC1CCCOC1=O)CC(C)(C)C(=O)OC1(C)C2CC3CC(C2)CC1C3. The number of ether oxygens (including phenoxy) is 14. The fourth-order valence-electron chi connectivity index (χ4n) is 26.7. The Morgan fingerprint density at radius 1 is 0.409 bits per heavy atom. The molecule has 12 saturated carbocycles. The van der Waals surface area contributed by atoms with Crippen molar-refractivity contribution in [3.8, 4) is 18.2 Å². The van der Waals surface area contributed by atoms with Crippen molar-refractivity contribution in [1.29, 1.82) is 15.8 Å². The smallest absolute Gasteiger partial charge is 0.347 e. The van der Waals surface area contributed by atoms with Gasteiger partial charge in [-0.05, 0) is 382 Å². The molecule has 740 valence electrons. The van der Waals surface area contributed by atoms with Gasteiger partial charge >= 0.3 is 65.7 Å². The van der Waals surface area contributed by atoms with E-state index in [2.05, 4.69) is 39.0 Å². The van der Waals surface area contributed by atoms with Gasteiger partial charge in [-0.1, -0.05) is 20.8 Å². The third-order valence-corrected chi connectivity index (χ3v) is 33.4. The van der Waals surface area contributed by atoms with Crippen molar-refractivity contribution in [2.75, 3.05) is 53.0 Å². The van der Waals surface area contributed by atoms with Gasteiger partial charge in [0, 0.05) is 19.6 Å². The highest BCUT2D eigenvalue weighted by molar-refractivity contribution is 5.84. The minimum atomic E-state index is -1.30. The summed E-state index contributed by atoms with van der Waals surface area (Å²) in [6, 6.07) is 7.10. The number of carbonyl (C=O) groups excluding carboxylic acids is 11. The zero-order valence-corrected chi connectivity index (χ0v) is 83.7. The van der Waals surface area contributed by atoms with E-state index in [1.165, 1.54) is 19.3 Å². The van der Waals surface area contributed by atoms with Crippen LogP contribution in [-0.4, -0.2) is 154 Å². The molecular formula is C104H159N3O25. The van der Waals surface area contributed by atoms with Crippen LogP contribution in [0, 0.1) is 177 Å². The Hall–Kier alpha value is -7.48. The molecule has 12 bridgehead atoms. The van der Waals surface area contributed by atoms with E-state index in [9.17, 15) is 68.5 Å². The van der Waals surface area contributed by atoms with Gasteiger partial charge in [0.1, 0.15) is 35.9 Å². The van der Waals surface area contributed by atoms with Gasteiger partial charge in [-0.2, -0.15) is 15.8 Å². The van der Waals surface area contributed by atoms with Crippen LogP contribution < -0.4 is 0 Å². The molecule has 15 fully saturated rings. The van der Waals surface area contributed by atoms with E-state index in [-0.39, 0.29) is 108 Å². The standard InChI is InChI=1S/C38H59NO9.C36H55NO9.C30H45NO7/c1-9-27(31(40)46-20-28-12-11-13-45-32(28)41)19-36(6,23-39)22-37(7,34(43)47-24(3)44-10-2)21-35(4,5)33(42)48-38(8)29-15-25-14-26(17-29)18-30(38)16-25;1-9-25(29(38)45-28-11-12-43-30(28)39)18-34(6,21-37)20-35(7,32(41)44-22(3)42-10-2)19-33(4,5)31(40)46-36(8)26-14-23-13-24(16-26)17-27(36)15-23;1-7-28(4,17-31)16-29(5,26(34)36-14-21-13-35-18-37-24(21)32)15-27(2,3)25(33)38-30(6)22-9-19-8-20(11-22)12-23(30)10-19/h24-30H,9-22H2,1-8H3;22-28H,9-20H2,1-8H3;19-23H,7-16,18H2,1-6H3. The molecule has 15 aliphatic rings. The van der Waals surface area contributed by atoms with E-state index in [0.717, 1.165) is 119 Å². The Morgan fingerprint density at radius 2 is 0.750 bits per heavy atom. The predicted octanol–water partition coefficient (Wildman–Crippen LogP) is 18.4. The first-order valence-corrected chi connectivity index (χ1v) is 49.9. The maximum atomic E-state index is 14.1. The molecule has 0 aromatic rings. The Labute approximate surface area is 785 Å². The molecular weight excluding hydrogens is 1690 g/mol. The fraction of sp³-hybridized carbons (Fsp3) is 0.865. The van der Waals surface area contributed by atoms with Crippen molar-refractivity contribution in [3.63, 3.8) is 0 Å². The van der Waals surface area contributed by atoms with E-state index < -0.39 is 150 Å². The molecule has 0 spiro atoms. The van der Waals surface area contributed by atoms with Gasteiger partial charge in [-0.15, -0.1) is 0 Å². The van der Waals surface area contributed by atoms with E-state index in [1.807, 2.05) is 41.5 Å². The molecule has 15 rings (SSSR count). The third kappa shape index (κ3) is 24.9. The lowest BCUT2D eigenvalue weighted by molar-refractivity contribution is -0.214. The molecule has 3 heterocycles. The van der Waals surface area contributed by atoms with E-state index in [4.69, 9.17) is 66.3 Å². The Bertz CT molecular complexity index is 4180. The number of rotatable bonds is 41. The zero-order valence-electron chi connectivity index (χ0n) is 83.7. The molecule has 12 aliphatic carbocycles. The summed E-state index contributed by atoms with van der Waals surface area (Å²) in [6.07, 6.45) is 18.4. The number of esters is 11. The van der Waals surface area contributed by atoms with Gasteiger partial charge in [0.2, 0.25) is 6.10 Å². The molecule has 28 heteroatoms. The zero-order chi connectivity index (χ0) is 97.5. The normalized spacial score (nSPS) is 33.0. The highest BCUT2D eigenvalue weighted by atomic mass is 16.7. The summed E-state index contributed by atoms with van der Waals surface area (Å²) in [4.78, 5) is 146. The van der Waals surface area contributed by atoms with Crippen LogP contribution in [0.2, 0.25) is 0 Å². The van der Waals surface area contributed by atoms with Gasteiger partial charge < -0.3 is 66.3 Å². The van der Waals surface area contributed by atoms with Crippen LogP contribution in [0.4, 0.5) is 0 Å². The summed E-state index contributed by atoms with van der Waals surface area (Å²) < 4.78 is 78.7. The Morgan fingerprint density at radius 3 is 1.08 bits per heavy atom. The van der Waals surface area contributed by atoms with Crippen LogP contribution in [0.25, 0.3) is 0 Å². The number of hydrogen-bond donors (Lipinski definition) is 0. The minimum absolute atomic E-state index is 0.0199. The molecule has 0 aromatic heterocycles. The number of nitriles is 3. The van der Waals surface area contributed by atoms with E-state index in [0.29, 0.717) is 87.4 Å². The van der Waals surface area contributed by atoms with Gasteiger partial charge in [-0.3, -0.25) is 47.9 Å². The van der Waals surface area contributed by atoms with Gasteiger partial charge in [0.25, 0.3) is 0 Å². The highest BCUT2D eigenvalue weighted by Gasteiger charge is 2.63. The summed E-state index contributed by atoms with van der Waals surface area (Å²) in [6.45, 7) is 41.2. The lowest BCUT2D eigenvalue weighted by Crippen LogP contribution is -2.59. The first-order valence-electron chi connectivity index (χ1n) is 49.9. The molecule has 13 atom stereocenters. The Kier molecular flexibility index (Phi) is 34.4. The molecule has 0 aromatic carbocycles. The highest BCUT2D eigenvalue weighted by Crippen LogP contribution is 2.64. The quantitative estimate of drug-likeness (QED) is 0.0312. The molecule has 0 radical (unpaired) electrons. The topological polar surface area (TPSA) is 388 Å². The lowest BCUT2D eigenvalue weighted by atomic mass is 9.50. The van der Waals surface area contributed by atoms with Crippen molar-refractivity contribution >= 4 is 65.7 Å². The third-order valence-electron chi connectivity index (χ3n) is 33.4. The summed E-state index contributed by atoms with van der Waals surface area (Å²) in [5.74, 6) is -0.982. The molecule has 13 unspecified atom stereocenters. The molecule has 0 N–H and O–H groups in total. The first kappa shape index (κ1) is 107. The van der Waals surface area contributed by atoms with Crippen LogP contribution in [0.3, 0.4) is 0 Å². The predicted molar refractivity (Wildman–Crippen MR) is 482 cm³/mol. The number of nitrogens with zero attached hydrogens (tertiary/aromatic N) is 3. The second-order valence-electron chi connectivity index (χ2n) is 46.6. The summed E-state index contributed by atoms with van der Waals surface area (Å²) in [5, 5.41) is 30.9. The van der Waals surface area contributed by atoms with E-state index >= 15 is 0 Å². The van der Waals surface area contributed by atoms with Crippen molar-refractivity contribution in [2.45, 2.75) is 374 Å². The van der Waals surface area contributed by atoms with Crippen molar-refractivity contribution in [1.82, 2.24) is 0 Å². The second-order valence-corrected chi connectivity index (χ2v) is 46.6. The molecule has 132 heavy (non-hydrogen) atoms. The lowest BCUT2D eigenvalue weighted by Gasteiger charge is -2.59. The summed E-state index contributed by atoms with van der Waals surface area (Å²) >= 11 is 0. The molecule has 3 saturated heterocycles. The number of carbonyl (C=O) groups is 11. The maximum Gasteiger partial charge on any atom is 0.347 e. The summed E-state index contributed by atoms with van der Waals surface area (Å²) in [5.41, 5.74) is -11.5. The van der Waals surface area contributed by atoms with Crippen molar-refractivity contribution < 1.29 is 119 Å². The first-order chi connectivity index (χ1) is 61.7. The van der Waals surface area contributed by atoms with Crippen LogP contribution in [-0.2, 0) is 119 Å².